The van der Waals surface area contributed by atoms with Crippen molar-refractivity contribution in [2.45, 2.75) is 6.42 Å². The van der Waals surface area contributed by atoms with Crippen LogP contribution in [0.4, 0.5) is 0 Å². The summed E-state index contributed by atoms with van der Waals surface area (Å²) in [5.74, 6) is 0.878. The van der Waals surface area contributed by atoms with Crippen LogP contribution in [0.2, 0.25) is 0 Å². The van der Waals surface area contributed by atoms with E-state index in [4.69, 9.17) is 21.1 Å². The summed E-state index contributed by atoms with van der Waals surface area (Å²) in [5.41, 5.74) is 1.20. The molecule has 0 aliphatic rings. The van der Waals surface area contributed by atoms with Gasteiger partial charge in [-0.1, -0.05) is 23.7 Å². The molecule has 1 aromatic rings. The smallest absolute Gasteiger partial charge is 0.120 e. The minimum absolute atomic E-state index is 0.254. The average molecular weight is 201 g/mol. The van der Waals surface area contributed by atoms with Gasteiger partial charge in [0.15, 0.2) is 0 Å². The van der Waals surface area contributed by atoms with Crippen LogP contribution in [0.5, 0.6) is 5.75 Å². The zero-order valence-corrected chi connectivity index (χ0v) is 8.38. The predicted octanol–water partition coefficient (Wildman–Crippen LogP) is 2.45. The summed E-state index contributed by atoms with van der Waals surface area (Å²) in [7, 11) is 1.66. The second-order valence-electron chi connectivity index (χ2n) is 2.62. The molecule has 0 amide bonds. The topological polar surface area (TPSA) is 18.5 Å². The number of benzene rings is 1. The highest BCUT2D eigenvalue weighted by Gasteiger charge is 1.95. The summed E-state index contributed by atoms with van der Waals surface area (Å²) in [4.78, 5) is 0. The quantitative estimate of drug-likeness (QED) is 0.537. The Bertz CT molecular complexity index is 250. The van der Waals surface area contributed by atoms with Gasteiger partial charge in [-0.3, -0.25) is 0 Å². The van der Waals surface area contributed by atoms with Gasteiger partial charge in [0.1, 0.15) is 11.8 Å². The molecule has 0 atom stereocenters. The van der Waals surface area contributed by atoms with Gasteiger partial charge < -0.3 is 9.47 Å². The minimum Gasteiger partial charge on any atom is -0.497 e. The van der Waals surface area contributed by atoms with Gasteiger partial charge in [0.05, 0.1) is 13.7 Å². The summed E-state index contributed by atoms with van der Waals surface area (Å²) in [6, 6.07) is 8.18. The van der Waals surface area contributed by atoms with Crippen molar-refractivity contribution in [3.8, 4) is 5.75 Å². The standard InChI is InChI=1S/C10H13ClO2/c1-12-10-4-2-3-9(7-10)5-6-13-8-11/h2-4,7H,5-6,8H2,1H3. The summed E-state index contributed by atoms with van der Waals surface area (Å²) < 4.78 is 10.1. The number of halogens is 1. The molecular weight excluding hydrogens is 188 g/mol. The van der Waals surface area contributed by atoms with Crippen LogP contribution >= 0.6 is 11.6 Å². The van der Waals surface area contributed by atoms with Gasteiger partial charge >= 0.3 is 0 Å². The van der Waals surface area contributed by atoms with E-state index in [1.165, 1.54) is 5.56 Å². The highest BCUT2D eigenvalue weighted by molar-refractivity contribution is 6.17. The second kappa shape index (κ2) is 5.84. The molecule has 0 aliphatic carbocycles. The third-order valence-corrected chi connectivity index (χ3v) is 1.90. The lowest BCUT2D eigenvalue weighted by molar-refractivity contribution is 0.182. The van der Waals surface area contributed by atoms with Crippen molar-refractivity contribution in [1.29, 1.82) is 0 Å². The van der Waals surface area contributed by atoms with E-state index in [2.05, 4.69) is 0 Å². The molecule has 0 saturated carbocycles. The van der Waals surface area contributed by atoms with E-state index < -0.39 is 0 Å². The maximum absolute atomic E-state index is 5.38. The molecule has 2 nitrogen and oxygen atoms in total. The molecule has 72 valence electrons. The SMILES string of the molecule is COc1cccc(CCOCCl)c1. The number of hydrogen-bond acceptors (Lipinski definition) is 2. The third kappa shape index (κ3) is 3.66. The number of hydrogen-bond donors (Lipinski definition) is 0. The average Bonchev–Trinajstić information content (AvgIpc) is 2.19. The highest BCUT2D eigenvalue weighted by atomic mass is 35.5. The van der Waals surface area contributed by atoms with Crippen LogP contribution in [0.3, 0.4) is 0 Å². The summed E-state index contributed by atoms with van der Waals surface area (Å²) in [5, 5.41) is 0. The van der Waals surface area contributed by atoms with E-state index >= 15 is 0 Å². The fourth-order valence-electron chi connectivity index (χ4n) is 1.07. The van der Waals surface area contributed by atoms with Crippen LogP contribution in [0.25, 0.3) is 0 Å². The Hall–Kier alpha value is -0.730. The zero-order chi connectivity index (χ0) is 9.52. The van der Waals surface area contributed by atoms with E-state index in [0.717, 1.165) is 12.2 Å². The monoisotopic (exact) mass is 200 g/mol. The molecule has 0 radical (unpaired) electrons. The molecule has 13 heavy (non-hydrogen) atoms. The minimum atomic E-state index is 0.254. The third-order valence-electron chi connectivity index (χ3n) is 1.75. The predicted molar refractivity (Wildman–Crippen MR) is 53.4 cm³/mol. The lowest BCUT2D eigenvalue weighted by Gasteiger charge is -2.03. The number of alkyl halides is 1. The van der Waals surface area contributed by atoms with Crippen molar-refractivity contribution in [1.82, 2.24) is 0 Å². The van der Waals surface area contributed by atoms with Crippen LogP contribution in [0.15, 0.2) is 24.3 Å². The van der Waals surface area contributed by atoms with Crippen LogP contribution in [-0.2, 0) is 11.2 Å². The molecule has 0 heterocycles. The summed E-state index contributed by atoms with van der Waals surface area (Å²) in [6.07, 6.45) is 0.865. The molecule has 0 spiro atoms. The van der Waals surface area contributed by atoms with Crippen molar-refractivity contribution >= 4 is 11.6 Å². The van der Waals surface area contributed by atoms with E-state index in [1.54, 1.807) is 7.11 Å². The first-order valence-corrected chi connectivity index (χ1v) is 4.67. The summed E-state index contributed by atoms with van der Waals surface area (Å²) in [6.45, 7) is 0.649. The van der Waals surface area contributed by atoms with E-state index in [9.17, 15) is 0 Å². The first kappa shape index (κ1) is 10.4. The van der Waals surface area contributed by atoms with Gasteiger partial charge in [0.25, 0.3) is 0 Å². The first-order valence-electron chi connectivity index (χ1n) is 4.13. The van der Waals surface area contributed by atoms with Crippen molar-refractivity contribution < 1.29 is 9.47 Å². The van der Waals surface area contributed by atoms with Crippen molar-refractivity contribution in [3.05, 3.63) is 29.8 Å². The van der Waals surface area contributed by atoms with Crippen molar-refractivity contribution in [3.63, 3.8) is 0 Å². The lowest BCUT2D eigenvalue weighted by atomic mass is 10.1. The molecule has 0 unspecified atom stereocenters. The molecule has 3 heteroatoms. The van der Waals surface area contributed by atoms with Gasteiger partial charge in [-0.05, 0) is 24.1 Å². The molecule has 0 aromatic heterocycles. The Morgan fingerprint density at radius 1 is 1.38 bits per heavy atom. The maximum Gasteiger partial charge on any atom is 0.120 e. The second-order valence-corrected chi connectivity index (χ2v) is 2.84. The fraction of sp³-hybridized carbons (Fsp3) is 0.400. The van der Waals surface area contributed by atoms with E-state index in [0.29, 0.717) is 6.61 Å². The Labute approximate surface area is 83.4 Å². The molecule has 0 saturated heterocycles. The van der Waals surface area contributed by atoms with E-state index in [-0.39, 0.29) is 6.07 Å². The van der Waals surface area contributed by atoms with E-state index in [1.807, 2.05) is 24.3 Å². The van der Waals surface area contributed by atoms with Crippen molar-refractivity contribution in [2.75, 3.05) is 19.8 Å². The molecule has 0 N–H and O–H groups in total. The molecular formula is C10H13ClO2. The van der Waals surface area contributed by atoms with Gasteiger partial charge in [-0.15, -0.1) is 0 Å². The molecule has 0 fully saturated rings. The Morgan fingerprint density at radius 3 is 2.92 bits per heavy atom. The maximum atomic E-state index is 5.38. The Balaban J connectivity index is 2.46. The van der Waals surface area contributed by atoms with Crippen molar-refractivity contribution in [2.24, 2.45) is 0 Å². The number of rotatable bonds is 5. The largest absolute Gasteiger partial charge is 0.497 e. The Morgan fingerprint density at radius 2 is 2.23 bits per heavy atom. The number of ether oxygens (including phenoxy) is 2. The van der Waals surface area contributed by atoms with Gasteiger partial charge in [-0.25, -0.2) is 0 Å². The molecule has 0 bridgehead atoms. The fourth-order valence-corrected chi connectivity index (χ4v) is 1.18. The number of methoxy groups -OCH3 is 1. The summed E-state index contributed by atoms with van der Waals surface area (Å²) >= 11 is 5.38. The Kier molecular flexibility index (Phi) is 4.65. The van der Waals surface area contributed by atoms with Crippen LogP contribution < -0.4 is 4.74 Å². The van der Waals surface area contributed by atoms with Gasteiger partial charge in [0.2, 0.25) is 0 Å². The molecule has 1 aromatic carbocycles. The zero-order valence-electron chi connectivity index (χ0n) is 7.63. The van der Waals surface area contributed by atoms with Crippen LogP contribution in [-0.4, -0.2) is 19.8 Å². The normalized spacial score (nSPS) is 10.0. The first-order chi connectivity index (χ1) is 6.36. The van der Waals surface area contributed by atoms with Crippen LogP contribution in [0, 0.1) is 0 Å². The lowest BCUT2D eigenvalue weighted by Crippen LogP contribution is -1.96. The van der Waals surface area contributed by atoms with Crippen LogP contribution in [0.1, 0.15) is 5.56 Å². The van der Waals surface area contributed by atoms with Gasteiger partial charge in [-0.2, -0.15) is 0 Å². The molecule has 1 rings (SSSR count). The van der Waals surface area contributed by atoms with Gasteiger partial charge in [0, 0.05) is 0 Å². The molecule has 0 aliphatic heterocycles. The highest BCUT2D eigenvalue weighted by Crippen LogP contribution is 2.12.